The molecule has 0 saturated carbocycles. The second-order valence-electron chi connectivity index (χ2n) is 3.81. The molecule has 1 rings (SSSR count). The summed E-state index contributed by atoms with van der Waals surface area (Å²) in [4.78, 5) is 11.5. The molecule has 0 radical (unpaired) electrons. The topological polar surface area (TPSA) is 55.4 Å². The summed E-state index contributed by atoms with van der Waals surface area (Å²) in [6, 6.07) is 8.83. The monoisotopic (exact) mass is 255 g/mol. The fraction of sp³-hybridized carbons (Fsp3) is 0.417. The van der Waals surface area contributed by atoms with Gasteiger partial charge in [-0.25, -0.2) is 4.79 Å². The van der Waals surface area contributed by atoms with Gasteiger partial charge in [0.15, 0.2) is 0 Å². The molecule has 0 aliphatic heterocycles. The lowest BCUT2D eigenvalue weighted by Crippen LogP contribution is -2.35. The smallest absolute Gasteiger partial charge is 0.410 e. The Hall–Kier alpha value is -1.36. The Labute approximate surface area is 104 Å². The second kappa shape index (κ2) is 7.06. The minimum absolute atomic E-state index is 0.0462. The fourth-order valence-electron chi connectivity index (χ4n) is 1.24. The van der Waals surface area contributed by atoms with Crippen LogP contribution < -0.4 is 10.1 Å². The van der Waals surface area contributed by atoms with E-state index in [9.17, 15) is 9.00 Å². The fourth-order valence-corrected chi connectivity index (χ4v) is 1.93. The van der Waals surface area contributed by atoms with Gasteiger partial charge in [-0.1, -0.05) is 18.2 Å². The molecule has 0 aliphatic carbocycles. The average molecular weight is 255 g/mol. The second-order valence-corrected chi connectivity index (χ2v) is 5.37. The van der Waals surface area contributed by atoms with E-state index in [-0.39, 0.29) is 6.04 Å². The van der Waals surface area contributed by atoms with Gasteiger partial charge in [0.1, 0.15) is 5.75 Å². The average Bonchev–Trinajstić information content (AvgIpc) is 2.27. The van der Waals surface area contributed by atoms with Gasteiger partial charge in [-0.05, 0) is 25.5 Å². The summed E-state index contributed by atoms with van der Waals surface area (Å²) in [5.41, 5.74) is 0. The van der Waals surface area contributed by atoms with Crippen molar-refractivity contribution >= 4 is 16.9 Å². The number of hydrogen-bond donors (Lipinski definition) is 1. The zero-order valence-corrected chi connectivity index (χ0v) is 10.8. The van der Waals surface area contributed by atoms with E-state index < -0.39 is 16.9 Å². The molecule has 1 N–H and O–H groups in total. The number of ether oxygens (including phenoxy) is 1. The third kappa shape index (κ3) is 6.06. The quantitative estimate of drug-likeness (QED) is 0.874. The van der Waals surface area contributed by atoms with Crippen molar-refractivity contribution in [3.8, 4) is 5.75 Å². The lowest BCUT2D eigenvalue weighted by molar-refractivity contribution is 0.196. The molecule has 5 heteroatoms. The third-order valence-corrected chi connectivity index (χ3v) is 2.97. The highest BCUT2D eigenvalue weighted by atomic mass is 32.2. The number of carbonyl (C=O) groups excluding carboxylic acids is 1. The Morgan fingerprint density at radius 2 is 2.06 bits per heavy atom. The van der Waals surface area contributed by atoms with Gasteiger partial charge in [-0.2, -0.15) is 0 Å². The van der Waals surface area contributed by atoms with Crippen LogP contribution in [0, 0.1) is 0 Å². The van der Waals surface area contributed by atoms with Crippen LogP contribution >= 0.6 is 0 Å². The Morgan fingerprint density at radius 3 is 2.65 bits per heavy atom. The highest BCUT2D eigenvalue weighted by Crippen LogP contribution is 2.08. The predicted molar refractivity (Wildman–Crippen MR) is 68.6 cm³/mol. The molecule has 2 unspecified atom stereocenters. The van der Waals surface area contributed by atoms with E-state index in [2.05, 4.69) is 5.32 Å². The van der Waals surface area contributed by atoms with Crippen molar-refractivity contribution in [3.63, 3.8) is 0 Å². The van der Waals surface area contributed by atoms with Crippen LogP contribution in [0.2, 0.25) is 0 Å². The van der Waals surface area contributed by atoms with Crippen LogP contribution in [-0.2, 0) is 10.8 Å². The molecule has 0 saturated heterocycles. The molecule has 0 spiro atoms. The summed E-state index contributed by atoms with van der Waals surface area (Å²) in [6.45, 7) is 1.86. The molecule has 1 amide bonds. The molecule has 17 heavy (non-hydrogen) atoms. The number of para-hydroxylation sites is 1. The number of amides is 1. The van der Waals surface area contributed by atoms with Gasteiger partial charge in [0.05, 0.1) is 0 Å². The molecule has 1 aromatic carbocycles. The van der Waals surface area contributed by atoms with Crippen molar-refractivity contribution in [3.05, 3.63) is 30.3 Å². The molecular formula is C12H17NO3S. The van der Waals surface area contributed by atoms with E-state index in [1.54, 1.807) is 30.5 Å². The third-order valence-electron chi connectivity index (χ3n) is 2.16. The van der Waals surface area contributed by atoms with Gasteiger partial charge in [-0.3, -0.25) is 4.21 Å². The maximum atomic E-state index is 11.5. The van der Waals surface area contributed by atoms with Crippen molar-refractivity contribution in [2.45, 2.75) is 19.4 Å². The van der Waals surface area contributed by atoms with Crippen molar-refractivity contribution in [1.82, 2.24) is 5.32 Å². The maximum absolute atomic E-state index is 11.5. The maximum Gasteiger partial charge on any atom is 0.412 e. The molecule has 4 nitrogen and oxygen atoms in total. The van der Waals surface area contributed by atoms with Crippen molar-refractivity contribution in [2.24, 2.45) is 0 Å². The van der Waals surface area contributed by atoms with Crippen LogP contribution in [0.3, 0.4) is 0 Å². The van der Waals surface area contributed by atoms with E-state index in [0.29, 0.717) is 17.9 Å². The highest BCUT2D eigenvalue weighted by molar-refractivity contribution is 7.84. The van der Waals surface area contributed by atoms with E-state index in [4.69, 9.17) is 4.74 Å². The van der Waals surface area contributed by atoms with Gasteiger partial charge < -0.3 is 10.1 Å². The zero-order valence-electron chi connectivity index (χ0n) is 10.0. The summed E-state index contributed by atoms with van der Waals surface area (Å²) >= 11 is 0. The van der Waals surface area contributed by atoms with Crippen molar-refractivity contribution in [1.29, 1.82) is 0 Å². The number of benzene rings is 1. The zero-order chi connectivity index (χ0) is 12.7. The molecular weight excluding hydrogens is 238 g/mol. The first-order valence-corrected chi connectivity index (χ1v) is 7.14. The standard InChI is InChI=1S/C12H17NO3S/c1-10(8-9-17(2)15)13-12(14)16-11-6-4-3-5-7-11/h3-7,10H,8-9H2,1-2H3,(H,13,14). The van der Waals surface area contributed by atoms with Crippen molar-refractivity contribution in [2.75, 3.05) is 12.0 Å². The van der Waals surface area contributed by atoms with E-state index >= 15 is 0 Å². The van der Waals surface area contributed by atoms with E-state index in [1.807, 2.05) is 13.0 Å². The molecule has 1 aromatic rings. The highest BCUT2D eigenvalue weighted by Gasteiger charge is 2.09. The lowest BCUT2D eigenvalue weighted by Gasteiger charge is -2.12. The minimum atomic E-state index is -0.831. The number of nitrogens with one attached hydrogen (secondary N) is 1. The summed E-state index contributed by atoms with van der Waals surface area (Å²) in [6.07, 6.45) is 1.84. The first-order chi connectivity index (χ1) is 8.08. The van der Waals surface area contributed by atoms with Gasteiger partial charge in [0.2, 0.25) is 0 Å². The molecule has 0 bridgehead atoms. The molecule has 2 atom stereocenters. The normalized spacial score (nSPS) is 13.8. The molecule has 0 fully saturated rings. The first-order valence-electron chi connectivity index (χ1n) is 5.41. The number of hydrogen-bond acceptors (Lipinski definition) is 3. The van der Waals surface area contributed by atoms with Crippen LogP contribution in [-0.4, -0.2) is 28.4 Å². The minimum Gasteiger partial charge on any atom is -0.410 e. The summed E-state index contributed by atoms with van der Waals surface area (Å²) in [5.74, 6) is 1.09. The first kappa shape index (κ1) is 13.7. The van der Waals surface area contributed by atoms with E-state index in [1.165, 1.54) is 0 Å². The number of rotatable bonds is 5. The molecule has 0 aliphatic rings. The van der Waals surface area contributed by atoms with E-state index in [0.717, 1.165) is 0 Å². The Morgan fingerprint density at radius 1 is 1.41 bits per heavy atom. The van der Waals surface area contributed by atoms with Gasteiger partial charge >= 0.3 is 6.09 Å². The van der Waals surface area contributed by atoms with Crippen LogP contribution in [0.25, 0.3) is 0 Å². The largest absolute Gasteiger partial charge is 0.412 e. The lowest BCUT2D eigenvalue weighted by atomic mass is 10.3. The van der Waals surface area contributed by atoms with Crippen LogP contribution in [0.4, 0.5) is 4.79 Å². The van der Waals surface area contributed by atoms with Crippen LogP contribution in [0.5, 0.6) is 5.75 Å². The Balaban J connectivity index is 2.32. The van der Waals surface area contributed by atoms with Crippen LogP contribution in [0.1, 0.15) is 13.3 Å². The molecule has 0 heterocycles. The van der Waals surface area contributed by atoms with Crippen molar-refractivity contribution < 1.29 is 13.7 Å². The Bertz CT molecular complexity index is 381. The Kier molecular flexibility index (Phi) is 5.69. The summed E-state index contributed by atoms with van der Waals surface area (Å²) in [7, 11) is -0.831. The summed E-state index contributed by atoms with van der Waals surface area (Å²) in [5, 5.41) is 2.69. The van der Waals surface area contributed by atoms with Gasteiger partial charge in [0, 0.05) is 28.9 Å². The van der Waals surface area contributed by atoms with Gasteiger partial charge in [0.25, 0.3) is 0 Å². The van der Waals surface area contributed by atoms with Gasteiger partial charge in [-0.15, -0.1) is 0 Å². The predicted octanol–water partition coefficient (Wildman–Crippen LogP) is 1.93. The molecule has 0 aromatic heterocycles. The molecule has 94 valence electrons. The SMILES string of the molecule is CC(CCS(C)=O)NC(=O)Oc1ccccc1. The van der Waals surface area contributed by atoms with Crippen LogP contribution in [0.15, 0.2) is 30.3 Å². The number of carbonyl (C=O) groups is 1. The summed E-state index contributed by atoms with van der Waals surface area (Å²) < 4.78 is 16.0.